The summed E-state index contributed by atoms with van der Waals surface area (Å²) in [6.45, 7) is 3.52. The maximum Gasteiger partial charge on any atom is 0.338 e. The summed E-state index contributed by atoms with van der Waals surface area (Å²) in [5.41, 5.74) is 3.66. The highest BCUT2D eigenvalue weighted by molar-refractivity contribution is 7.14. The lowest BCUT2D eigenvalue weighted by Gasteiger charge is -2.19. The molecule has 5 rings (SSSR count). The SMILES string of the molecule is CCOC(=O)c1ccc(NC(=O)Cc2csc(NC(=O)C(CC3CCCC3)c3cn(C)c4cc(C(C)=O)c(Cl)cc34)n2)cc1. The molecule has 2 aromatic carbocycles. The van der Waals surface area contributed by atoms with Crippen LogP contribution in [-0.4, -0.2) is 39.7 Å². The van der Waals surface area contributed by atoms with Crippen LogP contribution in [0.1, 0.15) is 83.8 Å². The van der Waals surface area contributed by atoms with Crippen molar-refractivity contribution in [3.05, 3.63) is 75.4 Å². The molecule has 2 amide bonds. The average Bonchev–Trinajstić information content (AvgIpc) is 3.73. The summed E-state index contributed by atoms with van der Waals surface area (Å²) < 4.78 is 6.92. The number of nitrogens with one attached hydrogen (secondary N) is 2. The maximum absolute atomic E-state index is 13.8. The van der Waals surface area contributed by atoms with E-state index in [1.54, 1.807) is 48.7 Å². The Balaban J connectivity index is 1.30. The van der Waals surface area contributed by atoms with Crippen LogP contribution >= 0.6 is 22.9 Å². The molecule has 0 aliphatic heterocycles. The molecular weight excluding hydrogens is 600 g/mol. The molecule has 0 bridgehead atoms. The predicted molar refractivity (Wildman–Crippen MR) is 173 cm³/mol. The van der Waals surface area contributed by atoms with E-state index in [-0.39, 0.29) is 30.6 Å². The number of rotatable bonds is 11. The summed E-state index contributed by atoms with van der Waals surface area (Å²) >= 11 is 7.77. The monoisotopic (exact) mass is 634 g/mol. The van der Waals surface area contributed by atoms with Crippen LogP contribution in [-0.2, 0) is 27.8 Å². The van der Waals surface area contributed by atoms with E-state index in [4.69, 9.17) is 16.3 Å². The number of anilines is 2. The van der Waals surface area contributed by atoms with Crippen molar-refractivity contribution in [2.24, 2.45) is 13.0 Å². The Labute approximate surface area is 265 Å². The number of fused-ring (bicyclic) bond motifs is 1. The molecule has 230 valence electrons. The first kappa shape index (κ1) is 31.4. The molecule has 1 aliphatic carbocycles. The minimum absolute atomic E-state index is 0.0256. The number of halogens is 1. The van der Waals surface area contributed by atoms with Crippen molar-refractivity contribution in [1.82, 2.24) is 9.55 Å². The van der Waals surface area contributed by atoms with Gasteiger partial charge in [-0.1, -0.05) is 37.3 Å². The van der Waals surface area contributed by atoms with Crippen LogP contribution in [0.2, 0.25) is 5.02 Å². The van der Waals surface area contributed by atoms with Gasteiger partial charge in [0.05, 0.1) is 35.2 Å². The molecule has 11 heteroatoms. The second-order valence-corrected chi connectivity index (χ2v) is 12.5. The van der Waals surface area contributed by atoms with Crippen molar-refractivity contribution in [2.75, 3.05) is 17.2 Å². The normalized spacial score (nSPS) is 14.0. The van der Waals surface area contributed by atoms with Gasteiger partial charge in [-0.2, -0.15) is 0 Å². The van der Waals surface area contributed by atoms with Gasteiger partial charge in [0.1, 0.15) is 0 Å². The van der Waals surface area contributed by atoms with Gasteiger partial charge < -0.3 is 19.9 Å². The molecule has 1 saturated carbocycles. The van der Waals surface area contributed by atoms with Crippen LogP contribution in [0.25, 0.3) is 10.9 Å². The first-order valence-corrected chi connectivity index (χ1v) is 16.0. The first-order chi connectivity index (χ1) is 21.1. The van der Waals surface area contributed by atoms with E-state index in [1.165, 1.54) is 18.3 Å². The van der Waals surface area contributed by atoms with Gasteiger partial charge in [0.15, 0.2) is 10.9 Å². The Morgan fingerprint density at radius 3 is 2.52 bits per heavy atom. The molecule has 9 nitrogen and oxygen atoms in total. The van der Waals surface area contributed by atoms with E-state index in [0.29, 0.717) is 45.0 Å². The second kappa shape index (κ2) is 13.7. The number of amides is 2. The van der Waals surface area contributed by atoms with E-state index in [2.05, 4.69) is 15.6 Å². The van der Waals surface area contributed by atoms with E-state index in [9.17, 15) is 19.2 Å². The zero-order valence-electron chi connectivity index (χ0n) is 24.9. The van der Waals surface area contributed by atoms with Gasteiger partial charge in [0, 0.05) is 40.8 Å². The summed E-state index contributed by atoms with van der Waals surface area (Å²) in [6, 6.07) is 10.1. The third kappa shape index (κ3) is 7.19. The molecule has 1 atom stereocenters. The zero-order valence-corrected chi connectivity index (χ0v) is 26.5. The van der Waals surface area contributed by atoms with Gasteiger partial charge in [-0.15, -0.1) is 11.3 Å². The highest BCUT2D eigenvalue weighted by Crippen LogP contribution is 2.39. The lowest BCUT2D eigenvalue weighted by molar-refractivity contribution is -0.118. The molecule has 2 aromatic heterocycles. The van der Waals surface area contributed by atoms with E-state index in [0.717, 1.165) is 42.1 Å². The molecule has 2 N–H and O–H groups in total. The highest BCUT2D eigenvalue weighted by Gasteiger charge is 2.30. The lowest BCUT2D eigenvalue weighted by atomic mass is 9.87. The van der Waals surface area contributed by atoms with Crippen molar-refractivity contribution >= 4 is 68.2 Å². The topological polar surface area (TPSA) is 119 Å². The smallest absolute Gasteiger partial charge is 0.338 e. The van der Waals surface area contributed by atoms with Gasteiger partial charge in [-0.25, -0.2) is 9.78 Å². The van der Waals surface area contributed by atoms with Crippen LogP contribution in [0.4, 0.5) is 10.8 Å². The van der Waals surface area contributed by atoms with E-state index >= 15 is 0 Å². The lowest BCUT2D eigenvalue weighted by Crippen LogP contribution is -2.23. The van der Waals surface area contributed by atoms with Gasteiger partial charge in [0.2, 0.25) is 11.8 Å². The molecule has 1 aliphatic rings. The minimum atomic E-state index is -0.436. The Hall–Kier alpha value is -4.02. The number of thiazole rings is 1. The van der Waals surface area contributed by atoms with Crippen molar-refractivity contribution in [2.45, 2.75) is 58.3 Å². The Morgan fingerprint density at radius 2 is 1.84 bits per heavy atom. The number of aryl methyl sites for hydroxylation is 1. The summed E-state index contributed by atoms with van der Waals surface area (Å²) in [6.07, 6.45) is 7.19. The summed E-state index contributed by atoms with van der Waals surface area (Å²) in [4.78, 5) is 55.0. The number of Topliss-reactive ketones (excluding diaryl/α,β-unsaturated/α-hetero) is 1. The standard InChI is InChI=1S/C33H35ClN4O5S/c1-4-43-32(42)21-9-11-22(12-10-21)35-30(40)14-23-18-44-33(36-23)37-31(41)26(13-20-7-5-6-8-20)27-17-38(3)29-16-24(19(2)39)28(34)15-25(27)29/h9-12,15-18,20,26H,4-8,13-14H2,1-3H3,(H,35,40)(H,36,37,41). The third-order valence-electron chi connectivity index (χ3n) is 8.03. The number of esters is 1. The Morgan fingerprint density at radius 1 is 1.11 bits per heavy atom. The molecule has 1 unspecified atom stereocenters. The van der Waals surface area contributed by atoms with E-state index < -0.39 is 11.9 Å². The number of aromatic nitrogens is 2. The molecule has 0 spiro atoms. The molecule has 2 heterocycles. The fourth-order valence-corrected chi connectivity index (χ4v) is 6.86. The Bertz CT molecular complexity index is 1700. The van der Waals surface area contributed by atoms with Crippen LogP contribution < -0.4 is 10.6 Å². The molecule has 4 aromatic rings. The minimum Gasteiger partial charge on any atom is -0.462 e. The van der Waals surface area contributed by atoms with Gasteiger partial charge >= 0.3 is 5.97 Å². The van der Waals surface area contributed by atoms with Crippen LogP contribution in [0.3, 0.4) is 0 Å². The first-order valence-electron chi connectivity index (χ1n) is 14.7. The number of carbonyl (C=O) groups excluding carboxylic acids is 4. The second-order valence-electron chi connectivity index (χ2n) is 11.2. The quantitative estimate of drug-likeness (QED) is 0.134. The summed E-state index contributed by atoms with van der Waals surface area (Å²) in [5, 5.41) is 9.21. The fourth-order valence-electron chi connectivity index (χ4n) is 5.85. The molecular formula is C33H35ClN4O5S. The van der Waals surface area contributed by atoms with Crippen molar-refractivity contribution in [1.29, 1.82) is 0 Å². The molecule has 0 saturated heterocycles. The van der Waals surface area contributed by atoms with Gasteiger partial charge in [-0.3, -0.25) is 14.4 Å². The zero-order chi connectivity index (χ0) is 31.4. The number of nitrogens with zero attached hydrogens (tertiary/aromatic N) is 2. The number of benzene rings is 2. The average molecular weight is 635 g/mol. The van der Waals surface area contributed by atoms with Crippen LogP contribution in [0.15, 0.2) is 48.0 Å². The van der Waals surface area contributed by atoms with Crippen molar-refractivity contribution in [3.63, 3.8) is 0 Å². The maximum atomic E-state index is 13.8. The van der Waals surface area contributed by atoms with Gasteiger partial charge in [-0.05, 0) is 68.1 Å². The number of ketones is 1. The predicted octanol–water partition coefficient (Wildman–Crippen LogP) is 7.15. The van der Waals surface area contributed by atoms with Crippen molar-refractivity contribution < 1.29 is 23.9 Å². The summed E-state index contributed by atoms with van der Waals surface area (Å²) in [7, 11) is 1.90. The Kier molecular flexibility index (Phi) is 9.80. The van der Waals surface area contributed by atoms with Crippen LogP contribution in [0.5, 0.6) is 0 Å². The summed E-state index contributed by atoms with van der Waals surface area (Å²) in [5.74, 6) is -0.958. The molecule has 0 radical (unpaired) electrons. The number of carbonyl (C=O) groups is 4. The molecule has 44 heavy (non-hydrogen) atoms. The van der Waals surface area contributed by atoms with Gasteiger partial charge in [0.25, 0.3) is 0 Å². The molecule has 1 fully saturated rings. The van der Waals surface area contributed by atoms with Crippen molar-refractivity contribution in [3.8, 4) is 0 Å². The van der Waals surface area contributed by atoms with E-state index in [1.807, 2.05) is 17.8 Å². The third-order valence-corrected chi connectivity index (χ3v) is 9.15. The van der Waals surface area contributed by atoms with Crippen LogP contribution in [0, 0.1) is 5.92 Å². The number of hydrogen-bond acceptors (Lipinski definition) is 7. The largest absolute Gasteiger partial charge is 0.462 e. The number of hydrogen-bond donors (Lipinski definition) is 2. The fraction of sp³-hybridized carbons (Fsp3) is 0.364. The highest BCUT2D eigenvalue weighted by atomic mass is 35.5. The number of ether oxygens (including phenoxy) is 1.